The van der Waals surface area contributed by atoms with E-state index >= 15 is 0 Å². The average Bonchev–Trinajstić information content (AvgIpc) is 2.93. The van der Waals surface area contributed by atoms with Crippen LogP contribution >= 0.6 is 24.0 Å². The molecule has 0 fully saturated rings. The molecule has 0 saturated carbocycles. The number of guanidine groups is 1. The lowest BCUT2D eigenvalue weighted by Crippen LogP contribution is -2.44. The highest BCUT2D eigenvalue weighted by Crippen LogP contribution is 2.15. The summed E-state index contributed by atoms with van der Waals surface area (Å²) in [5, 5.41) is 8.12. The molecule has 0 aliphatic carbocycles. The zero-order valence-electron chi connectivity index (χ0n) is 14.5. The predicted molar refractivity (Wildman–Crippen MR) is 111 cm³/mol. The highest BCUT2D eigenvalue weighted by atomic mass is 127. The maximum absolute atomic E-state index is 4.28. The minimum atomic E-state index is 0. The lowest BCUT2D eigenvalue weighted by molar-refractivity contribution is 0.480. The number of aryl methyl sites for hydroxylation is 1. The Morgan fingerprint density at radius 2 is 1.91 bits per heavy atom. The van der Waals surface area contributed by atoms with Crippen molar-refractivity contribution in [1.82, 2.24) is 15.2 Å². The number of nitrogens with one attached hydrogen (secondary N) is 2. The lowest BCUT2D eigenvalue weighted by atomic mass is 10.1. The molecule has 0 bridgehead atoms. The number of halogens is 1. The van der Waals surface area contributed by atoms with Crippen LogP contribution in [0.25, 0.3) is 10.9 Å². The van der Waals surface area contributed by atoms with Crippen LogP contribution in [0, 0.1) is 5.92 Å². The largest absolute Gasteiger partial charge is 0.356 e. The van der Waals surface area contributed by atoms with Crippen molar-refractivity contribution in [3.8, 4) is 0 Å². The molecule has 2 rings (SSSR count). The molecule has 0 radical (unpaired) electrons. The van der Waals surface area contributed by atoms with Gasteiger partial charge in [-0.25, -0.2) is 0 Å². The van der Waals surface area contributed by atoms with E-state index in [1.165, 1.54) is 10.9 Å². The summed E-state index contributed by atoms with van der Waals surface area (Å²) in [5.41, 5.74) is 1.30. The quantitative estimate of drug-likeness (QED) is 0.318. The number of aromatic nitrogens is 1. The molecule has 0 aliphatic heterocycles. The monoisotopic (exact) mass is 428 g/mol. The number of hydrogen-bond donors (Lipinski definition) is 2. The first-order valence-corrected chi connectivity index (χ1v) is 8.13. The molecule has 1 aromatic carbocycles. The minimum Gasteiger partial charge on any atom is -0.356 e. The molecule has 0 aliphatic rings. The summed E-state index contributed by atoms with van der Waals surface area (Å²) in [7, 11) is 1.82. The highest BCUT2D eigenvalue weighted by molar-refractivity contribution is 14.0. The topological polar surface area (TPSA) is 41.4 Å². The second kappa shape index (κ2) is 9.80. The summed E-state index contributed by atoms with van der Waals surface area (Å²) in [6, 6.07) is 11.1. The van der Waals surface area contributed by atoms with Crippen LogP contribution in [0.15, 0.2) is 41.5 Å². The predicted octanol–water partition coefficient (Wildman–Crippen LogP) is 3.86. The van der Waals surface area contributed by atoms with Crippen molar-refractivity contribution < 1.29 is 0 Å². The van der Waals surface area contributed by atoms with Gasteiger partial charge in [-0.05, 0) is 36.8 Å². The second-order valence-corrected chi connectivity index (χ2v) is 6.10. The van der Waals surface area contributed by atoms with E-state index in [4.69, 9.17) is 0 Å². The number of benzene rings is 1. The van der Waals surface area contributed by atoms with Crippen molar-refractivity contribution in [2.24, 2.45) is 10.9 Å². The van der Waals surface area contributed by atoms with E-state index in [0.717, 1.165) is 25.5 Å². The van der Waals surface area contributed by atoms with Crippen molar-refractivity contribution in [2.45, 2.75) is 39.8 Å². The summed E-state index contributed by atoms with van der Waals surface area (Å²) >= 11 is 0. The molecule has 0 spiro atoms. The summed E-state index contributed by atoms with van der Waals surface area (Å²) in [6.45, 7) is 8.53. The Bertz CT molecular complexity index is 618. The average molecular weight is 428 g/mol. The SMILES string of the molecule is CN=C(NCCCn1ccc2ccccc21)NC(C)C(C)C.I. The van der Waals surface area contributed by atoms with Gasteiger partial charge in [0.25, 0.3) is 0 Å². The van der Waals surface area contributed by atoms with Gasteiger partial charge in [-0.1, -0.05) is 32.0 Å². The van der Waals surface area contributed by atoms with Gasteiger partial charge >= 0.3 is 0 Å². The lowest BCUT2D eigenvalue weighted by Gasteiger charge is -2.20. The van der Waals surface area contributed by atoms with Crippen LogP contribution in [0.5, 0.6) is 0 Å². The zero-order valence-corrected chi connectivity index (χ0v) is 16.9. The van der Waals surface area contributed by atoms with Gasteiger partial charge in [-0.15, -0.1) is 24.0 Å². The molecule has 4 nitrogen and oxygen atoms in total. The van der Waals surface area contributed by atoms with E-state index in [1.54, 1.807) is 0 Å². The minimum absolute atomic E-state index is 0. The van der Waals surface area contributed by atoms with Gasteiger partial charge in [0.15, 0.2) is 5.96 Å². The Balaban J connectivity index is 0.00000264. The van der Waals surface area contributed by atoms with Crippen LogP contribution in [0.1, 0.15) is 27.2 Å². The third kappa shape index (κ3) is 5.71. The highest BCUT2D eigenvalue weighted by Gasteiger charge is 2.08. The Morgan fingerprint density at radius 1 is 1.17 bits per heavy atom. The molecular weight excluding hydrogens is 399 g/mol. The molecule has 5 heteroatoms. The van der Waals surface area contributed by atoms with Crippen LogP contribution in [0.4, 0.5) is 0 Å². The zero-order chi connectivity index (χ0) is 15.9. The summed E-state index contributed by atoms with van der Waals surface area (Å²) in [4.78, 5) is 4.28. The summed E-state index contributed by atoms with van der Waals surface area (Å²) in [6.07, 6.45) is 3.23. The van der Waals surface area contributed by atoms with Gasteiger partial charge in [0.05, 0.1) is 0 Å². The molecule has 1 aromatic heterocycles. The van der Waals surface area contributed by atoms with Crippen molar-refractivity contribution in [3.63, 3.8) is 0 Å². The fourth-order valence-electron chi connectivity index (χ4n) is 2.37. The maximum atomic E-state index is 4.28. The molecule has 0 amide bonds. The number of rotatable bonds is 6. The Morgan fingerprint density at radius 3 is 2.61 bits per heavy atom. The van der Waals surface area contributed by atoms with Gasteiger partial charge in [-0.3, -0.25) is 4.99 Å². The van der Waals surface area contributed by atoms with E-state index in [9.17, 15) is 0 Å². The smallest absolute Gasteiger partial charge is 0.191 e. The Labute approximate surface area is 156 Å². The molecular formula is C18H29IN4. The normalized spacial score (nSPS) is 13.0. The molecule has 1 unspecified atom stereocenters. The molecule has 0 saturated heterocycles. The number of nitrogens with zero attached hydrogens (tertiary/aromatic N) is 2. The van der Waals surface area contributed by atoms with Gasteiger partial charge in [0.2, 0.25) is 0 Å². The van der Waals surface area contributed by atoms with Crippen LogP contribution in [-0.2, 0) is 6.54 Å². The first-order chi connectivity index (χ1) is 10.6. The molecule has 23 heavy (non-hydrogen) atoms. The third-order valence-electron chi connectivity index (χ3n) is 4.14. The first-order valence-electron chi connectivity index (χ1n) is 8.13. The number of para-hydroxylation sites is 1. The van der Waals surface area contributed by atoms with Crippen LogP contribution in [0.3, 0.4) is 0 Å². The van der Waals surface area contributed by atoms with E-state index in [2.05, 4.69) is 77.5 Å². The third-order valence-corrected chi connectivity index (χ3v) is 4.14. The number of aliphatic imine (C=N–C) groups is 1. The van der Waals surface area contributed by atoms with Crippen LogP contribution < -0.4 is 10.6 Å². The van der Waals surface area contributed by atoms with E-state index < -0.39 is 0 Å². The summed E-state index contributed by atoms with van der Waals surface area (Å²) < 4.78 is 2.31. The molecule has 128 valence electrons. The van der Waals surface area contributed by atoms with Crippen molar-refractivity contribution in [2.75, 3.05) is 13.6 Å². The second-order valence-electron chi connectivity index (χ2n) is 6.10. The van der Waals surface area contributed by atoms with E-state index in [1.807, 2.05) is 7.05 Å². The number of hydrogen-bond acceptors (Lipinski definition) is 1. The van der Waals surface area contributed by atoms with Crippen molar-refractivity contribution in [1.29, 1.82) is 0 Å². The first kappa shape index (κ1) is 19.8. The van der Waals surface area contributed by atoms with Gasteiger partial charge in [-0.2, -0.15) is 0 Å². The standard InChI is InChI=1S/C18H28N4.HI/c1-14(2)15(3)21-18(19-4)20-11-7-12-22-13-10-16-8-5-6-9-17(16)22;/h5-6,8-10,13-15H,7,11-12H2,1-4H3,(H2,19,20,21);1H. The van der Waals surface area contributed by atoms with Gasteiger partial charge in [0, 0.05) is 37.9 Å². The fraction of sp³-hybridized carbons (Fsp3) is 0.500. The molecule has 1 heterocycles. The summed E-state index contributed by atoms with van der Waals surface area (Å²) in [5.74, 6) is 1.48. The number of fused-ring (bicyclic) bond motifs is 1. The molecule has 2 N–H and O–H groups in total. The van der Waals surface area contributed by atoms with Crippen LogP contribution in [0.2, 0.25) is 0 Å². The fourth-order valence-corrected chi connectivity index (χ4v) is 2.37. The van der Waals surface area contributed by atoms with E-state index in [0.29, 0.717) is 12.0 Å². The molecule has 1 atom stereocenters. The Hall–Kier alpha value is -1.24. The van der Waals surface area contributed by atoms with Gasteiger partial charge in [0.1, 0.15) is 0 Å². The maximum Gasteiger partial charge on any atom is 0.191 e. The Kier molecular flexibility index (Phi) is 8.44. The van der Waals surface area contributed by atoms with E-state index in [-0.39, 0.29) is 24.0 Å². The van der Waals surface area contributed by atoms with Gasteiger partial charge < -0.3 is 15.2 Å². The van der Waals surface area contributed by atoms with Crippen molar-refractivity contribution in [3.05, 3.63) is 36.5 Å². The van der Waals surface area contributed by atoms with Crippen LogP contribution in [-0.4, -0.2) is 30.2 Å². The molecule has 2 aromatic rings. The van der Waals surface area contributed by atoms with Crippen molar-refractivity contribution >= 4 is 40.8 Å².